The van der Waals surface area contributed by atoms with Crippen LogP contribution in [0.3, 0.4) is 0 Å². The van der Waals surface area contributed by atoms with Gasteiger partial charge in [-0.1, -0.05) is 18.2 Å². The van der Waals surface area contributed by atoms with E-state index in [1.54, 1.807) is 12.1 Å². The Morgan fingerprint density at radius 3 is 2.43 bits per heavy atom. The number of pyridine rings is 1. The minimum atomic E-state index is -0.511. The molecule has 1 N–H and O–H groups in total. The molecule has 1 aromatic heterocycles. The summed E-state index contributed by atoms with van der Waals surface area (Å²) in [6, 6.07) is 12.5. The summed E-state index contributed by atoms with van der Waals surface area (Å²) in [4.78, 5) is 6.85. The second-order valence-electron chi connectivity index (χ2n) is 6.30. The first-order valence-corrected chi connectivity index (χ1v) is 8.23. The van der Waals surface area contributed by atoms with Crippen LogP contribution < -0.4 is 0 Å². The lowest BCUT2D eigenvalue weighted by Crippen LogP contribution is -2.37. The van der Waals surface area contributed by atoms with Crippen LogP contribution in [0.4, 0.5) is 4.39 Å². The van der Waals surface area contributed by atoms with Crippen molar-refractivity contribution < 1.29 is 9.50 Å². The molecule has 2 atom stereocenters. The Labute approximate surface area is 136 Å². The van der Waals surface area contributed by atoms with Crippen molar-refractivity contribution in [1.29, 1.82) is 0 Å². The summed E-state index contributed by atoms with van der Waals surface area (Å²) >= 11 is 0. The first-order chi connectivity index (χ1) is 11.1. The molecule has 0 amide bonds. The van der Waals surface area contributed by atoms with Gasteiger partial charge in [-0.2, -0.15) is 0 Å². The summed E-state index contributed by atoms with van der Waals surface area (Å²) in [5, 5.41) is 10.5. The van der Waals surface area contributed by atoms with Crippen LogP contribution in [-0.2, 0) is 0 Å². The Bertz CT molecular complexity index is 609. The number of aliphatic hydroxyl groups is 1. The Hall–Kier alpha value is -1.78. The molecule has 0 saturated carbocycles. The second-order valence-corrected chi connectivity index (χ2v) is 6.30. The lowest BCUT2D eigenvalue weighted by molar-refractivity contribution is 0.0466. The van der Waals surface area contributed by atoms with Crippen molar-refractivity contribution in [2.75, 3.05) is 13.1 Å². The number of hydrogen-bond acceptors (Lipinski definition) is 3. The van der Waals surface area contributed by atoms with Crippen LogP contribution >= 0.6 is 0 Å². The molecular formula is C19H23FN2O. The minimum absolute atomic E-state index is 0.229. The fourth-order valence-corrected chi connectivity index (χ4v) is 3.36. The third-order valence-corrected chi connectivity index (χ3v) is 4.90. The smallest absolute Gasteiger partial charge is 0.123 e. The third-order valence-electron chi connectivity index (χ3n) is 4.90. The summed E-state index contributed by atoms with van der Waals surface area (Å²) in [6.45, 7) is 4.07. The number of benzene rings is 1. The van der Waals surface area contributed by atoms with Crippen molar-refractivity contribution in [1.82, 2.24) is 9.88 Å². The lowest BCUT2D eigenvalue weighted by atomic mass is 9.87. The van der Waals surface area contributed by atoms with Crippen molar-refractivity contribution in [2.45, 2.75) is 31.9 Å². The van der Waals surface area contributed by atoms with E-state index in [2.05, 4.69) is 22.9 Å². The highest BCUT2D eigenvalue weighted by Gasteiger charge is 2.28. The maximum atomic E-state index is 13.0. The van der Waals surface area contributed by atoms with Crippen LogP contribution in [0.5, 0.6) is 0 Å². The van der Waals surface area contributed by atoms with Crippen molar-refractivity contribution >= 4 is 0 Å². The lowest BCUT2D eigenvalue weighted by Gasteiger charge is -2.37. The van der Waals surface area contributed by atoms with E-state index in [0.29, 0.717) is 6.04 Å². The summed E-state index contributed by atoms with van der Waals surface area (Å²) in [7, 11) is 0. The van der Waals surface area contributed by atoms with Gasteiger partial charge in [-0.3, -0.25) is 9.88 Å². The van der Waals surface area contributed by atoms with E-state index in [-0.39, 0.29) is 11.7 Å². The Morgan fingerprint density at radius 2 is 1.83 bits per heavy atom. The molecule has 23 heavy (non-hydrogen) atoms. The van der Waals surface area contributed by atoms with Crippen LogP contribution in [0.1, 0.15) is 43.2 Å². The number of aliphatic hydroxyl groups excluding tert-OH is 1. The zero-order chi connectivity index (χ0) is 16.2. The average Bonchev–Trinajstić information content (AvgIpc) is 2.62. The quantitative estimate of drug-likeness (QED) is 0.934. The number of piperidine rings is 1. The summed E-state index contributed by atoms with van der Waals surface area (Å²) in [6.07, 6.45) is 3.20. The molecule has 1 saturated heterocycles. The van der Waals surface area contributed by atoms with E-state index in [4.69, 9.17) is 0 Å². The highest BCUT2D eigenvalue weighted by Crippen LogP contribution is 2.33. The van der Waals surface area contributed by atoms with Gasteiger partial charge in [0.25, 0.3) is 0 Å². The number of halogens is 1. The number of rotatable bonds is 4. The standard InChI is InChI=1S/C19H23FN2O/c1-14(18-4-2-3-11-21-18)22-12-9-16(10-13-22)19(23)15-5-7-17(20)8-6-15/h2-8,11,14,16,19,23H,9-10,12-13H2,1H3. The number of hydrogen-bond donors (Lipinski definition) is 1. The van der Waals surface area contributed by atoms with E-state index in [9.17, 15) is 9.50 Å². The Morgan fingerprint density at radius 1 is 1.13 bits per heavy atom. The van der Waals surface area contributed by atoms with Crippen molar-refractivity contribution in [2.24, 2.45) is 5.92 Å². The molecule has 3 nitrogen and oxygen atoms in total. The highest BCUT2D eigenvalue weighted by molar-refractivity contribution is 5.19. The van der Waals surface area contributed by atoms with E-state index >= 15 is 0 Å². The molecule has 0 aliphatic carbocycles. The first-order valence-electron chi connectivity index (χ1n) is 8.23. The van der Waals surface area contributed by atoms with Crippen molar-refractivity contribution in [3.05, 3.63) is 65.7 Å². The molecule has 2 unspecified atom stereocenters. The van der Waals surface area contributed by atoms with Crippen LogP contribution in [0.25, 0.3) is 0 Å². The van der Waals surface area contributed by atoms with Gasteiger partial charge >= 0.3 is 0 Å². The molecule has 4 heteroatoms. The number of nitrogens with zero attached hydrogens (tertiary/aromatic N) is 2. The number of likely N-dealkylation sites (tertiary alicyclic amines) is 1. The molecule has 1 aromatic carbocycles. The van der Waals surface area contributed by atoms with Gasteiger partial charge in [0.1, 0.15) is 5.82 Å². The van der Waals surface area contributed by atoms with Gasteiger partial charge in [0.05, 0.1) is 11.8 Å². The van der Waals surface area contributed by atoms with Crippen LogP contribution in [0, 0.1) is 11.7 Å². The summed E-state index contributed by atoms with van der Waals surface area (Å²) in [5.74, 6) is -0.0346. The van der Waals surface area contributed by atoms with E-state index in [1.807, 2.05) is 18.3 Å². The maximum absolute atomic E-state index is 13.0. The Balaban J connectivity index is 1.59. The zero-order valence-corrected chi connectivity index (χ0v) is 13.4. The van der Waals surface area contributed by atoms with Crippen LogP contribution in [-0.4, -0.2) is 28.1 Å². The highest BCUT2D eigenvalue weighted by atomic mass is 19.1. The topological polar surface area (TPSA) is 36.4 Å². The molecule has 122 valence electrons. The van der Waals surface area contributed by atoms with Crippen LogP contribution in [0.15, 0.2) is 48.7 Å². The van der Waals surface area contributed by atoms with Gasteiger partial charge in [0.2, 0.25) is 0 Å². The second kappa shape index (κ2) is 7.20. The van der Waals surface area contributed by atoms with Gasteiger partial charge in [-0.15, -0.1) is 0 Å². The minimum Gasteiger partial charge on any atom is -0.388 e. The van der Waals surface area contributed by atoms with Gasteiger partial charge in [-0.25, -0.2) is 4.39 Å². The SMILES string of the molecule is CC(c1ccccn1)N1CCC(C(O)c2ccc(F)cc2)CC1. The van der Waals surface area contributed by atoms with Gasteiger partial charge in [-0.05, 0) is 68.6 Å². The molecular weight excluding hydrogens is 291 g/mol. The van der Waals surface area contributed by atoms with Crippen molar-refractivity contribution in [3.8, 4) is 0 Å². The molecule has 1 fully saturated rings. The first kappa shape index (κ1) is 16.1. The van der Waals surface area contributed by atoms with Crippen LogP contribution in [0.2, 0.25) is 0 Å². The fraction of sp³-hybridized carbons (Fsp3) is 0.421. The molecule has 0 bridgehead atoms. The van der Waals surface area contributed by atoms with Gasteiger partial charge in [0, 0.05) is 12.2 Å². The fourth-order valence-electron chi connectivity index (χ4n) is 3.36. The average molecular weight is 314 g/mol. The molecule has 3 rings (SSSR count). The third kappa shape index (κ3) is 3.77. The zero-order valence-electron chi connectivity index (χ0n) is 13.4. The Kier molecular flexibility index (Phi) is 5.03. The molecule has 2 aromatic rings. The summed E-state index contributed by atoms with van der Waals surface area (Å²) in [5.41, 5.74) is 1.90. The predicted octanol–water partition coefficient (Wildman–Crippen LogP) is 3.73. The predicted molar refractivity (Wildman–Crippen MR) is 88.3 cm³/mol. The van der Waals surface area contributed by atoms with E-state index in [1.165, 1.54) is 12.1 Å². The molecule has 2 heterocycles. The van der Waals surface area contributed by atoms with Crippen molar-refractivity contribution in [3.63, 3.8) is 0 Å². The summed E-state index contributed by atoms with van der Waals surface area (Å²) < 4.78 is 13.0. The molecule has 1 aliphatic heterocycles. The number of aromatic nitrogens is 1. The van der Waals surface area contributed by atoms with E-state index in [0.717, 1.165) is 37.2 Å². The van der Waals surface area contributed by atoms with Gasteiger partial charge < -0.3 is 5.11 Å². The molecule has 1 aliphatic rings. The largest absolute Gasteiger partial charge is 0.388 e. The molecule has 0 radical (unpaired) electrons. The van der Waals surface area contributed by atoms with E-state index < -0.39 is 6.10 Å². The monoisotopic (exact) mass is 314 g/mol. The van der Waals surface area contributed by atoms with Gasteiger partial charge in [0.15, 0.2) is 0 Å². The maximum Gasteiger partial charge on any atom is 0.123 e. The normalized spacial score (nSPS) is 19.4. The molecule has 0 spiro atoms.